The topological polar surface area (TPSA) is 66.8 Å². The molecule has 1 amide bonds. The number of carbonyl (C=O) groups is 2. The Morgan fingerprint density at radius 1 is 1.08 bits per heavy atom. The lowest BCUT2D eigenvalue weighted by atomic mass is 10.0. The van der Waals surface area contributed by atoms with Crippen LogP contribution in [0.5, 0.6) is 5.75 Å². The zero-order valence-corrected chi connectivity index (χ0v) is 16.0. The van der Waals surface area contributed by atoms with Crippen LogP contribution < -0.4 is 9.64 Å². The summed E-state index contributed by atoms with van der Waals surface area (Å²) in [6.45, 7) is 3.91. The van der Waals surface area contributed by atoms with E-state index >= 15 is 0 Å². The summed E-state index contributed by atoms with van der Waals surface area (Å²) in [5.74, 6) is 0.247. The van der Waals surface area contributed by atoms with Gasteiger partial charge in [0.05, 0.1) is 5.75 Å². The fourth-order valence-electron chi connectivity index (χ4n) is 2.25. The number of hydrogen-bond acceptors (Lipinski definition) is 4. The molecule has 0 aliphatic heterocycles. The van der Waals surface area contributed by atoms with E-state index in [1.807, 2.05) is 12.1 Å². The first kappa shape index (κ1) is 19.8. The van der Waals surface area contributed by atoms with Gasteiger partial charge in [0, 0.05) is 17.6 Å². The second-order valence-corrected chi connectivity index (χ2v) is 7.19. The normalized spacial score (nSPS) is 10.6. The molecule has 0 saturated heterocycles. The van der Waals surface area contributed by atoms with E-state index in [2.05, 4.69) is 26.0 Å². The predicted octanol–water partition coefficient (Wildman–Crippen LogP) is 4.03. The molecular formula is C20H23NO4S. The molecular weight excluding hydrogens is 350 g/mol. The summed E-state index contributed by atoms with van der Waals surface area (Å²) in [6.07, 6.45) is 0. The summed E-state index contributed by atoms with van der Waals surface area (Å²) in [4.78, 5) is 25.5. The second kappa shape index (κ2) is 9.29. The van der Waals surface area contributed by atoms with E-state index in [0.717, 1.165) is 10.6 Å². The van der Waals surface area contributed by atoms with E-state index in [1.54, 1.807) is 36.2 Å². The Bertz CT molecular complexity index is 741. The third-order valence-electron chi connectivity index (χ3n) is 3.87. The summed E-state index contributed by atoms with van der Waals surface area (Å²) in [7, 11) is 1.72. The molecule has 2 aromatic rings. The molecule has 0 fully saturated rings. The average molecular weight is 373 g/mol. The number of benzene rings is 2. The highest BCUT2D eigenvalue weighted by atomic mass is 32.2. The first-order valence-corrected chi connectivity index (χ1v) is 9.29. The monoisotopic (exact) mass is 373 g/mol. The van der Waals surface area contributed by atoms with E-state index in [-0.39, 0.29) is 12.5 Å². The van der Waals surface area contributed by atoms with Crippen LogP contribution in [0.3, 0.4) is 0 Å². The molecule has 0 unspecified atom stereocenters. The Hall–Kier alpha value is -2.47. The molecule has 6 heteroatoms. The summed E-state index contributed by atoms with van der Waals surface area (Å²) in [6, 6.07) is 15.0. The predicted molar refractivity (Wildman–Crippen MR) is 104 cm³/mol. The van der Waals surface area contributed by atoms with Gasteiger partial charge in [-0.1, -0.05) is 26.0 Å². The third kappa shape index (κ3) is 5.81. The van der Waals surface area contributed by atoms with E-state index < -0.39 is 5.97 Å². The number of carboxylic acid groups (broad SMARTS) is 1. The molecule has 0 aliphatic rings. The Kier molecular flexibility index (Phi) is 7.09. The van der Waals surface area contributed by atoms with Gasteiger partial charge in [-0.05, 0) is 47.9 Å². The first-order chi connectivity index (χ1) is 12.4. The van der Waals surface area contributed by atoms with Crippen LogP contribution >= 0.6 is 11.8 Å². The molecule has 138 valence electrons. The molecule has 1 N–H and O–H groups in total. The number of nitrogens with zero attached hydrogens (tertiary/aromatic N) is 1. The van der Waals surface area contributed by atoms with Crippen molar-refractivity contribution in [2.45, 2.75) is 24.7 Å². The Morgan fingerprint density at radius 3 is 2.23 bits per heavy atom. The van der Waals surface area contributed by atoms with Gasteiger partial charge in [-0.2, -0.15) is 0 Å². The van der Waals surface area contributed by atoms with Gasteiger partial charge < -0.3 is 14.7 Å². The van der Waals surface area contributed by atoms with Crippen molar-refractivity contribution in [1.82, 2.24) is 0 Å². The van der Waals surface area contributed by atoms with Gasteiger partial charge in [-0.3, -0.25) is 4.79 Å². The van der Waals surface area contributed by atoms with Crippen LogP contribution in [0.4, 0.5) is 5.69 Å². The van der Waals surface area contributed by atoms with E-state index in [4.69, 9.17) is 9.84 Å². The SMILES string of the molecule is CC(C)c1ccc(SCC(=O)N(C)c2ccc(OCC(=O)O)cc2)cc1. The van der Waals surface area contributed by atoms with Gasteiger partial charge in [0.1, 0.15) is 5.75 Å². The molecule has 0 heterocycles. The maximum atomic E-state index is 12.4. The van der Waals surface area contributed by atoms with Crippen molar-refractivity contribution < 1.29 is 19.4 Å². The zero-order chi connectivity index (χ0) is 19.1. The zero-order valence-electron chi connectivity index (χ0n) is 15.1. The van der Waals surface area contributed by atoms with Crippen molar-refractivity contribution >= 4 is 29.3 Å². The standard InChI is InChI=1S/C20H23NO4S/c1-14(2)15-4-10-18(11-5-15)26-13-19(22)21(3)16-6-8-17(9-7-16)25-12-20(23)24/h4-11,14H,12-13H2,1-3H3,(H,23,24). The van der Waals surface area contributed by atoms with Crippen LogP contribution in [0, 0.1) is 0 Å². The van der Waals surface area contributed by atoms with Gasteiger partial charge >= 0.3 is 5.97 Å². The molecule has 5 nitrogen and oxygen atoms in total. The van der Waals surface area contributed by atoms with Gasteiger partial charge in [-0.25, -0.2) is 4.79 Å². The van der Waals surface area contributed by atoms with Crippen molar-refractivity contribution in [1.29, 1.82) is 0 Å². The molecule has 0 aliphatic carbocycles. The molecule has 0 saturated carbocycles. The minimum atomic E-state index is -1.03. The molecule has 2 aromatic carbocycles. The quantitative estimate of drug-likeness (QED) is 0.708. The van der Waals surface area contributed by atoms with Crippen molar-refractivity contribution in [3.8, 4) is 5.75 Å². The molecule has 0 radical (unpaired) electrons. The fraction of sp³-hybridized carbons (Fsp3) is 0.300. The third-order valence-corrected chi connectivity index (χ3v) is 4.87. The fourth-order valence-corrected chi connectivity index (χ4v) is 3.06. The second-order valence-electron chi connectivity index (χ2n) is 6.14. The van der Waals surface area contributed by atoms with E-state index in [0.29, 0.717) is 17.4 Å². The average Bonchev–Trinajstić information content (AvgIpc) is 2.64. The summed E-state index contributed by atoms with van der Waals surface area (Å²) < 4.78 is 5.09. The van der Waals surface area contributed by atoms with Crippen molar-refractivity contribution in [2.24, 2.45) is 0 Å². The van der Waals surface area contributed by atoms with Crippen LogP contribution in [0.1, 0.15) is 25.3 Å². The molecule has 2 rings (SSSR count). The van der Waals surface area contributed by atoms with Crippen molar-refractivity contribution in [2.75, 3.05) is 24.3 Å². The molecule has 0 atom stereocenters. The Balaban J connectivity index is 1.89. The largest absolute Gasteiger partial charge is 0.482 e. The van der Waals surface area contributed by atoms with Crippen LogP contribution in [0.15, 0.2) is 53.4 Å². The first-order valence-electron chi connectivity index (χ1n) is 8.31. The molecule has 0 bridgehead atoms. The lowest BCUT2D eigenvalue weighted by molar-refractivity contribution is -0.139. The summed E-state index contributed by atoms with van der Waals surface area (Å²) in [5.41, 5.74) is 2.01. The number of thioether (sulfide) groups is 1. The molecule has 0 spiro atoms. The minimum Gasteiger partial charge on any atom is -0.482 e. The summed E-state index contributed by atoms with van der Waals surface area (Å²) in [5, 5.41) is 8.61. The maximum Gasteiger partial charge on any atom is 0.341 e. The number of aliphatic carboxylic acids is 1. The smallest absolute Gasteiger partial charge is 0.341 e. The minimum absolute atomic E-state index is 0.0119. The van der Waals surface area contributed by atoms with Crippen LogP contribution in [0.25, 0.3) is 0 Å². The van der Waals surface area contributed by atoms with E-state index in [1.165, 1.54) is 17.3 Å². The van der Waals surface area contributed by atoms with Gasteiger partial charge in [-0.15, -0.1) is 11.8 Å². The molecule has 0 aromatic heterocycles. The molecule has 26 heavy (non-hydrogen) atoms. The Morgan fingerprint density at radius 2 is 1.69 bits per heavy atom. The summed E-state index contributed by atoms with van der Waals surface area (Å²) >= 11 is 1.51. The number of carboxylic acids is 1. The van der Waals surface area contributed by atoms with Gasteiger partial charge in [0.25, 0.3) is 0 Å². The van der Waals surface area contributed by atoms with Crippen LogP contribution in [0.2, 0.25) is 0 Å². The van der Waals surface area contributed by atoms with Crippen molar-refractivity contribution in [3.05, 3.63) is 54.1 Å². The highest BCUT2D eigenvalue weighted by Crippen LogP contribution is 2.24. The number of rotatable bonds is 8. The number of carbonyl (C=O) groups excluding carboxylic acids is 1. The maximum absolute atomic E-state index is 12.4. The van der Waals surface area contributed by atoms with Gasteiger partial charge in [0.15, 0.2) is 6.61 Å². The van der Waals surface area contributed by atoms with E-state index in [9.17, 15) is 9.59 Å². The Labute approximate surface area is 158 Å². The van der Waals surface area contributed by atoms with Crippen molar-refractivity contribution in [3.63, 3.8) is 0 Å². The van der Waals surface area contributed by atoms with Crippen LogP contribution in [-0.4, -0.2) is 36.4 Å². The lowest BCUT2D eigenvalue weighted by Crippen LogP contribution is -2.27. The number of amides is 1. The van der Waals surface area contributed by atoms with Crippen LogP contribution in [-0.2, 0) is 9.59 Å². The number of ether oxygens (including phenoxy) is 1. The van der Waals surface area contributed by atoms with Gasteiger partial charge in [0.2, 0.25) is 5.91 Å². The highest BCUT2D eigenvalue weighted by Gasteiger charge is 2.12. The number of hydrogen-bond donors (Lipinski definition) is 1. The lowest BCUT2D eigenvalue weighted by Gasteiger charge is -2.17. The number of anilines is 1. The highest BCUT2D eigenvalue weighted by molar-refractivity contribution is 8.00.